The van der Waals surface area contributed by atoms with Crippen LogP contribution in [0.4, 0.5) is 4.79 Å². The molecule has 6 heteroatoms. The summed E-state index contributed by atoms with van der Waals surface area (Å²) in [5.74, 6) is 0.378. The summed E-state index contributed by atoms with van der Waals surface area (Å²) in [6.45, 7) is 0. The maximum absolute atomic E-state index is 11.3. The first-order valence-corrected chi connectivity index (χ1v) is 4.59. The number of urea groups is 1. The maximum Gasteiger partial charge on any atom is 0.330 e. The fraction of sp³-hybridized carbons (Fsp3) is 0.200. The topological polar surface area (TPSA) is 93.4 Å². The summed E-state index contributed by atoms with van der Waals surface area (Å²) in [6, 6.07) is 6.24. The van der Waals surface area contributed by atoms with Crippen LogP contribution in [-0.2, 0) is 11.2 Å². The van der Waals surface area contributed by atoms with Gasteiger partial charge in [0.25, 0.3) is 0 Å². The van der Waals surface area contributed by atoms with Crippen molar-refractivity contribution >= 4 is 11.9 Å². The van der Waals surface area contributed by atoms with Crippen LogP contribution in [0.15, 0.2) is 24.3 Å². The van der Waals surface area contributed by atoms with Crippen LogP contribution in [0.2, 0.25) is 0 Å². The Bertz CT molecular complexity index is 375. The number of hydrogen-bond donors (Lipinski definition) is 3. The van der Waals surface area contributed by atoms with E-state index < -0.39 is 6.03 Å². The third-order valence-electron chi connectivity index (χ3n) is 1.85. The summed E-state index contributed by atoms with van der Waals surface area (Å²) in [7, 11) is 1.57. The number of nitrogens with one attached hydrogen (secondary N) is 2. The molecule has 0 saturated heterocycles. The Morgan fingerprint density at radius 3 is 2.38 bits per heavy atom. The number of carbonyl (C=O) groups is 2. The molecule has 0 aliphatic carbocycles. The summed E-state index contributed by atoms with van der Waals surface area (Å²) in [4.78, 5) is 21.6. The first-order valence-electron chi connectivity index (χ1n) is 4.59. The molecule has 86 valence electrons. The molecule has 1 rings (SSSR count). The highest BCUT2D eigenvalue weighted by Crippen LogP contribution is 2.11. The molecule has 0 spiro atoms. The molecule has 0 bridgehead atoms. The van der Waals surface area contributed by atoms with Crippen molar-refractivity contribution in [2.45, 2.75) is 6.42 Å². The van der Waals surface area contributed by atoms with Crippen LogP contribution in [0.3, 0.4) is 0 Å². The number of nitrogens with two attached hydrogens (primary N) is 1. The number of carbonyl (C=O) groups excluding carboxylic acids is 2. The Labute approximate surface area is 92.7 Å². The van der Waals surface area contributed by atoms with Gasteiger partial charge in [-0.25, -0.2) is 10.2 Å². The average molecular weight is 223 g/mol. The Morgan fingerprint density at radius 2 is 1.88 bits per heavy atom. The lowest BCUT2D eigenvalue weighted by Crippen LogP contribution is -2.45. The number of amides is 3. The van der Waals surface area contributed by atoms with Crippen LogP contribution >= 0.6 is 0 Å². The lowest BCUT2D eigenvalue weighted by molar-refractivity contribution is -0.121. The molecule has 0 saturated carbocycles. The second-order valence-corrected chi connectivity index (χ2v) is 3.06. The second-order valence-electron chi connectivity index (χ2n) is 3.06. The number of ether oxygens (including phenoxy) is 1. The Kier molecular flexibility index (Phi) is 4.14. The van der Waals surface area contributed by atoms with Crippen LogP contribution < -0.4 is 21.3 Å². The van der Waals surface area contributed by atoms with Crippen LogP contribution in [-0.4, -0.2) is 19.0 Å². The zero-order chi connectivity index (χ0) is 12.0. The van der Waals surface area contributed by atoms with E-state index >= 15 is 0 Å². The van der Waals surface area contributed by atoms with Crippen molar-refractivity contribution in [3.05, 3.63) is 29.8 Å². The molecule has 0 aromatic heterocycles. The highest BCUT2D eigenvalue weighted by atomic mass is 16.5. The average Bonchev–Trinajstić information content (AvgIpc) is 2.27. The SMILES string of the molecule is COc1ccc(CC(=O)NNC(N)=O)cc1. The minimum Gasteiger partial charge on any atom is -0.497 e. The molecule has 3 amide bonds. The lowest BCUT2D eigenvalue weighted by atomic mass is 10.1. The van der Waals surface area contributed by atoms with E-state index in [-0.39, 0.29) is 12.3 Å². The van der Waals surface area contributed by atoms with Crippen molar-refractivity contribution < 1.29 is 14.3 Å². The van der Waals surface area contributed by atoms with Gasteiger partial charge < -0.3 is 10.5 Å². The van der Waals surface area contributed by atoms with Gasteiger partial charge in [0.05, 0.1) is 13.5 Å². The number of benzene rings is 1. The number of methoxy groups -OCH3 is 1. The normalized spacial score (nSPS) is 9.31. The fourth-order valence-corrected chi connectivity index (χ4v) is 1.10. The molecule has 1 aromatic rings. The molecule has 1 aromatic carbocycles. The fourth-order valence-electron chi connectivity index (χ4n) is 1.10. The smallest absolute Gasteiger partial charge is 0.330 e. The highest BCUT2D eigenvalue weighted by molar-refractivity contribution is 5.81. The van der Waals surface area contributed by atoms with Crippen LogP contribution in [0, 0.1) is 0 Å². The highest BCUT2D eigenvalue weighted by Gasteiger charge is 2.03. The van der Waals surface area contributed by atoms with E-state index in [0.717, 1.165) is 11.3 Å². The van der Waals surface area contributed by atoms with Gasteiger partial charge in [-0.15, -0.1) is 0 Å². The number of primary amides is 1. The van der Waals surface area contributed by atoms with E-state index in [0.29, 0.717) is 0 Å². The summed E-state index contributed by atoms with van der Waals surface area (Å²) in [6.07, 6.45) is 0.157. The van der Waals surface area contributed by atoms with Crippen molar-refractivity contribution in [2.24, 2.45) is 5.73 Å². The van der Waals surface area contributed by atoms with E-state index in [4.69, 9.17) is 10.5 Å². The minimum absolute atomic E-state index is 0.157. The number of rotatable bonds is 3. The van der Waals surface area contributed by atoms with E-state index in [2.05, 4.69) is 5.43 Å². The Hall–Kier alpha value is -2.24. The summed E-state index contributed by atoms with van der Waals surface area (Å²) < 4.78 is 4.98. The molecule has 0 unspecified atom stereocenters. The molecule has 0 aliphatic rings. The largest absolute Gasteiger partial charge is 0.497 e. The Balaban J connectivity index is 2.46. The third kappa shape index (κ3) is 3.87. The van der Waals surface area contributed by atoms with Gasteiger partial charge in [-0.05, 0) is 17.7 Å². The zero-order valence-electron chi connectivity index (χ0n) is 8.82. The Morgan fingerprint density at radius 1 is 1.25 bits per heavy atom. The molecule has 6 nitrogen and oxygen atoms in total. The summed E-state index contributed by atoms with van der Waals surface area (Å²) in [5.41, 5.74) is 9.77. The van der Waals surface area contributed by atoms with Crippen molar-refractivity contribution in [2.75, 3.05) is 7.11 Å². The zero-order valence-corrected chi connectivity index (χ0v) is 8.82. The molecular formula is C10H13N3O3. The summed E-state index contributed by atoms with van der Waals surface area (Å²) >= 11 is 0. The predicted molar refractivity (Wildman–Crippen MR) is 57.6 cm³/mol. The van der Waals surface area contributed by atoms with Crippen LogP contribution in [0.25, 0.3) is 0 Å². The van der Waals surface area contributed by atoms with Crippen molar-refractivity contribution in [1.82, 2.24) is 10.9 Å². The van der Waals surface area contributed by atoms with E-state index in [1.807, 2.05) is 5.43 Å². The van der Waals surface area contributed by atoms with Gasteiger partial charge in [0.2, 0.25) is 5.91 Å². The molecule has 16 heavy (non-hydrogen) atoms. The molecule has 0 radical (unpaired) electrons. The first kappa shape index (κ1) is 11.8. The molecule has 4 N–H and O–H groups in total. The monoisotopic (exact) mass is 223 g/mol. The molecule has 0 atom stereocenters. The second kappa shape index (κ2) is 5.59. The van der Waals surface area contributed by atoms with Gasteiger partial charge in [0.15, 0.2) is 0 Å². The number of hydrogen-bond acceptors (Lipinski definition) is 3. The number of hydrazine groups is 1. The molecule has 0 aliphatic heterocycles. The minimum atomic E-state index is -0.803. The molecular weight excluding hydrogens is 210 g/mol. The standard InChI is InChI=1S/C10H13N3O3/c1-16-8-4-2-7(3-5-8)6-9(14)12-13-10(11)15/h2-5H,6H2,1H3,(H,12,14)(H3,11,13,15). The van der Waals surface area contributed by atoms with Gasteiger partial charge >= 0.3 is 6.03 Å². The lowest BCUT2D eigenvalue weighted by Gasteiger charge is -2.05. The quantitative estimate of drug-likeness (QED) is 0.626. The predicted octanol–water partition coefficient (Wildman–Crippen LogP) is -0.0628. The molecule has 0 fully saturated rings. The van der Waals surface area contributed by atoms with E-state index in [1.165, 1.54) is 0 Å². The molecule has 0 heterocycles. The van der Waals surface area contributed by atoms with Crippen LogP contribution in [0.1, 0.15) is 5.56 Å². The van der Waals surface area contributed by atoms with Gasteiger partial charge in [-0.2, -0.15) is 0 Å². The van der Waals surface area contributed by atoms with Crippen LogP contribution in [0.5, 0.6) is 5.75 Å². The van der Waals surface area contributed by atoms with Crippen molar-refractivity contribution in [3.8, 4) is 5.75 Å². The van der Waals surface area contributed by atoms with Gasteiger partial charge in [0, 0.05) is 0 Å². The van der Waals surface area contributed by atoms with Gasteiger partial charge in [-0.3, -0.25) is 10.2 Å². The third-order valence-corrected chi connectivity index (χ3v) is 1.85. The van der Waals surface area contributed by atoms with E-state index in [1.54, 1.807) is 31.4 Å². The van der Waals surface area contributed by atoms with Gasteiger partial charge in [0.1, 0.15) is 5.75 Å². The van der Waals surface area contributed by atoms with Crippen molar-refractivity contribution in [3.63, 3.8) is 0 Å². The maximum atomic E-state index is 11.3. The van der Waals surface area contributed by atoms with E-state index in [9.17, 15) is 9.59 Å². The summed E-state index contributed by atoms with van der Waals surface area (Å²) in [5, 5.41) is 0. The van der Waals surface area contributed by atoms with Crippen molar-refractivity contribution in [1.29, 1.82) is 0 Å². The first-order chi connectivity index (χ1) is 7.61. The van der Waals surface area contributed by atoms with Gasteiger partial charge in [-0.1, -0.05) is 12.1 Å².